The van der Waals surface area contributed by atoms with E-state index < -0.39 is 0 Å². The molecule has 1 amide bonds. The van der Waals surface area contributed by atoms with Crippen molar-refractivity contribution in [1.29, 1.82) is 0 Å². The van der Waals surface area contributed by atoms with Crippen LogP contribution in [0.1, 0.15) is 23.2 Å². The van der Waals surface area contributed by atoms with E-state index in [0.717, 1.165) is 29.1 Å². The van der Waals surface area contributed by atoms with Crippen LogP contribution in [-0.2, 0) is 0 Å². The molecule has 1 N–H and O–H groups in total. The van der Waals surface area contributed by atoms with Crippen molar-refractivity contribution in [2.24, 2.45) is 0 Å². The first-order chi connectivity index (χ1) is 10.8. The smallest absolute Gasteiger partial charge is 0.255 e. The molecular formula is C17H15N3OS. The Morgan fingerprint density at radius 3 is 2.68 bits per heavy atom. The third-order valence-electron chi connectivity index (χ3n) is 3.65. The molecule has 1 saturated carbocycles. The molecule has 0 radical (unpaired) electrons. The Balaban J connectivity index is 1.77. The maximum Gasteiger partial charge on any atom is 0.255 e. The van der Waals surface area contributed by atoms with Crippen LogP contribution in [0.4, 0.5) is 0 Å². The first-order valence-electron chi connectivity index (χ1n) is 7.31. The molecule has 1 aliphatic rings. The van der Waals surface area contributed by atoms with Crippen LogP contribution in [0, 0.1) is 0 Å². The molecule has 0 bridgehead atoms. The predicted molar refractivity (Wildman–Crippen MR) is 87.4 cm³/mol. The van der Waals surface area contributed by atoms with E-state index in [0.29, 0.717) is 11.6 Å². The average molecular weight is 309 g/mol. The number of rotatable bonds is 4. The Labute approximate surface area is 132 Å². The van der Waals surface area contributed by atoms with Crippen LogP contribution >= 0.6 is 11.3 Å². The molecule has 0 atom stereocenters. The summed E-state index contributed by atoms with van der Waals surface area (Å²) < 4.78 is 1.77. The fourth-order valence-corrected chi connectivity index (χ4v) is 3.06. The van der Waals surface area contributed by atoms with Crippen molar-refractivity contribution in [3.05, 3.63) is 59.6 Å². The first-order valence-corrected chi connectivity index (χ1v) is 8.19. The monoisotopic (exact) mass is 309 g/mol. The minimum atomic E-state index is -0.0342. The van der Waals surface area contributed by atoms with Gasteiger partial charge in [0.2, 0.25) is 0 Å². The van der Waals surface area contributed by atoms with Gasteiger partial charge in [-0.2, -0.15) is 5.10 Å². The normalized spacial score (nSPS) is 14.0. The Morgan fingerprint density at radius 1 is 1.18 bits per heavy atom. The van der Waals surface area contributed by atoms with E-state index in [1.807, 2.05) is 54.0 Å². The van der Waals surface area contributed by atoms with Crippen LogP contribution in [0.5, 0.6) is 0 Å². The molecule has 5 heteroatoms. The summed E-state index contributed by atoms with van der Waals surface area (Å²) in [4.78, 5) is 13.5. The van der Waals surface area contributed by atoms with Crippen LogP contribution < -0.4 is 5.32 Å². The second kappa shape index (κ2) is 5.42. The molecule has 22 heavy (non-hydrogen) atoms. The first kappa shape index (κ1) is 13.3. The van der Waals surface area contributed by atoms with Gasteiger partial charge in [-0.15, -0.1) is 11.3 Å². The molecule has 3 aromatic rings. The highest BCUT2D eigenvalue weighted by Crippen LogP contribution is 2.28. The molecule has 0 saturated heterocycles. The number of thiophene rings is 1. The number of carbonyl (C=O) groups excluding carboxylic acids is 1. The summed E-state index contributed by atoms with van der Waals surface area (Å²) in [6.45, 7) is 0. The van der Waals surface area contributed by atoms with Gasteiger partial charge in [0.05, 0.1) is 16.1 Å². The second-order valence-electron chi connectivity index (χ2n) is 5.40. The molecule has 1 aliphatic carbocycles. The van der Waals surface area contributed by atoms with Crippen molar-refractivity contribution >= 4 is 17.2 Å². The van der Waals surface area contributed by atoms with Crippen LogP contribution in [-0.4, -0.2) is 21.7 Å². The summed E-state index contributed by atoms with van der Waals surface area (Å²) >= 11 is 1.59. The van der Waals surface area contributed by atoms with Gasteiger partial charge in [-0.25, -0.2) is 4.68 Å². The van der Waals surface area contributed by atoms with Gasteiger partial charge in [0, 0.05) is 12.2 Å². The lowest BCUT2D eigenvalue weighted by molar-refractivity contribution is 0.0951. The zero-order valence-electron chi connectivity index (χ0n) is 11.9. The molecule has 2 aromatic heterocycles. The second-order valence-corrected chi connectivity index (χ2v) is 6.34. The van der Waals surface area contributed by atoms with Gasteiger partial charge in [-0.1, -0.05) is 24.3 Å². The van der Waals surface area contributed by atoms with E-state index in [4.69, 9.17) is 0 Å². The van der Waals surface area contributed by atoms with E-state index in [2.05, 4.69) is 10.4 Å². The number of nitrogens with one attached hydrogen (secondary N) is 1. The number of aromatic nitrogens is 2. The minimum absolute atomic E-state index is 0.0342. The summed E-state index contributed by atoms with van der Waals surface area (Å²) in [6.07, 6.45) is 3.97. The summed E-state index contributed by atoms with van der Waals surface area (Å²) in [6, 6.07) is 14.2. The van der Waals surface area contributed by atoms with E-state index in [-0.39, 0.29) is 5.91 Å². The van der Waals surface area contributed by atoms with Crippen molar-refractivity contribution in [2.45, 2.75) is 18.9 Å². The molecular weight excluding hydrogens is 294 g/mol. The van der Waals surface area contributed by atoms with E-state index in [1.165, 1.54) is 0 Å². The zero-order chi connectivity index (χ0) is 14.9. The van der Waals surface area contributed by atoms with E-state index in [9.17, 15) is 4.79 Å². The topological polar surface area (TPSA) is 46.9 Å². The summed E-state index contributed by atoms with van der Waals surface area (Å²) in [5.74, 6) is -0.0342. The molecule has 4 rings (SSSR count). The van der Waals surface area contributed by atoms with Gasteiger partial charge in [0.1, 0.15) is 5.69 Å². The summed E-state index contributed by atoms with van der Waals surface area (Å²) in [5, 5.41) is 9.69. The highest BCUT2D eigenvalue weighted by atomic mass is 32.1. The van der Waals surface area contributed by atoms with Crippen molar-refractivity contribution in [2.75, 3.05) is 0 Å². The number of hydrogen-bond donors (Lipinski definition) is 1. The Morgan fingerprint density at radius 2 is 2.00 bits per heavy atom. The molecule has 0 spiro atoms. The number of carbonyl (C=O) groups is 1. The number of hydrogen-bond acceptors (Lipinski definition) is 3. The minimum Gasteiger partial charge on any atom is -0.349 e. The van der Waals surface area contributed by atoms with Gasteiger partial charge in [0.15, 0.2) is 0 Å². The van der Waals surface area contributed by atoms with Crippen LogP contribution in [0.2, 0.25) is 0 Å². The largest absolute Gasteiger partial charge is 0.349 e. The number of amides is 1. The quantitative estimate of drug-likeness (QED) is 0.802. The van der Waals surface area contributed by atoms with E-state index >= 15 is 0 Å². The van der Waals surface area contributed by atoms with Gasteiger partial charge < -0.3 is 5.32 Å². The van der Waals surface area contributed by atoms with Crippen molar-refractivity contribution in [3.63, 3.8) is 0 Å². The lowest BCUT2D eigenvalue weighted by Crippen LogP contribution is -2.25. The summed E-state index contributed by atoms with van der Waals surface area (Å²) in [5.41, 5.74) is 2.33. The third-order valence-corrected chi connectivity index (χ3v) is 4.52. The lowest BCUT2D eigenvalue weighted by Gasteiger charge is -2.01. The van der Waals surface area contributed by atoms with Gasteiger partial charge in [-0.05, 0) is 36.4 Å². The van der Waals surface area contributed by atoms with Crippen LogP contribution in [0.25, 0.3) is 16.3 Å². The van der Waals surface area contributed by atoms with Crippen molar-refractivity contribution < 1.29 is 4.79 Å². The zero-order valence-corrected chi connectivity index (χ0v) is 12.7. The Hall–Kier alpha value is -2.40. The van der Waals surface area contributed by atoms with Crippen LogP contribution in [0.3, 0.4) is 0 Å². The molecule has 2 heterocycles. The number of nitrogens with zero attached hydrogens (tertiary/aromatic N) is 2. The van der Waals surface area contributed by atoms with E-state index in [1.54, 1.807) is 16.0 Å². The molecule has 1 fully saturated rings. The number of benzene rings is 1. The predicted octanol–water partition coefficient (Wildman–Crippen LogP) is 3.49. The van der Waals surface area contributed by atoms with Crippen molar-refractivity contribution in [1.82, 2.24) is 15.1 Å². The van der Waals surface area contributed by atoms with Crippen LogP contribution in [0.15, 0.2) is 54.0 Å². The SMILES string of the molecule is O=C(NC1CC1)c1cn(-c2ccccc2)nc1-c1cccs1. The third kappa shape index (κ3) is 2.55. The standard InChI is InChI=1S/C17H15N3OS/c21-17(18-12-8-9-12)14-11-20(13-5-2-1-3-6-13)19-16(14)15-7-4-10-22-15/h1-7,10-12H,8-9H2,(H,18,21). The van der Waals surface area contributed by atoms with Gasteiger partial charge in [-0.3, -0.25) is 4.79 Å². The fraction of sp³-hybridized carbons (Fsp3) is 0.176. The van der Waals surface area contributed by atoms with Gasteiger partial charge >= 0.3 is 0 Å². The maximum atomic E-state index is 12.5. The fourth-order valence-electron chi connectivity index (χ4n) is 2.34. The lowest BCUT2D eigenvalue weighted by atomic mass is 10.2. The average Bonchev–Trinajstić information content (AvgIpc) is 3.06. The molecule has 110 valence electrons. The molecule has 0 unspecified atom stereocenters. The Kier molecular flexibility index (Phi) is 3.27. The van der Waals surface area contributed by atoms with Crippen molar-refractivity contribution in [3.8, 4) is 16.3 Å². The maximum absolute atomic E-state index is 12.5. The molecule has 0 aliphatic heterocycles. The number of para-hydroxylation sites is 1. The highest BCUT2D eigenvalue weighted by molar-refractivity contribution is 7.13. The van der Waals surface area contributed by atoms with Gasteiger partial charge in [0.25, 0.3) is 5.91 Å². The summed E-state index contributed by atoms with van der Waals surface area (Å²) in [7, 11) is 0. The highest BCUT2D eigenvalue weighted by Gasteiger charge is 2.26. The molecule has 4 nitrogen and oxygen atoms in total. The Bertz CT molecular complexity index is 789. The molecule has 1 aromatic carbocycles.